The van der Waals surface area contributed by atoms with Gasteiger partial charge in [0.1, 0.15) is 0 Å². The normalized spacial score (nSPS) is 20.4. The Balaban J connectivity index is 2.46. The van der Waals surface area contributed by atoms with Crippen LogP contribution in [0.3, 0.4) is 0 Å². The van der Waals surface area contributed by atoms with Crippen LogP contribution in [0.4, 0.5) is 10.5 Å². The van der Waals surface area contributed by atoms with Crippen LogP contribution in [0.15, 0.2) is 24.3 Å². The molecule has 4 heteroatoms. The monoisotopic (exact) mass is 255 g/mol. The van der Waals surface area contributed by atoms with Crippen LogP contribution in [0.5, 0.6) is 0 Å². The van der Waals surface area contributed by atoms with Crippen LogP contribution in [-0.2, 0) is 6.42 Å². The topological polar surface area (TPSA) is 40.5 Å². The number of hydrogen-bond donors (Lipinski definition) is 1. The minimum Gasteiger partial charge on any atom is -0.465 e. The molecular weight excluding hydrogens is 246 g/mol. The third kappa shape index (κ3) is 1.50. The molecule has 1 aliphatic heterocycles. The van der Waals surface area contributed by atoms with Crippen molar-refractivity contribution >= 4 is 27.7 Å². The molecule has 1 aromatic rings. The van der Waals surface area contributed by atoms with Gasteiger partial charge in [-0.2, -0.15) is 0 Å². The summed E-state index contributed by atoms with van der Waals surface area (Å²) in [6, 6.07) is 7.62. The number of hydrogen-bond acceptors (Lipinski definition) is 1. The van der Waals surface area contributed by atoms with Gasteiger partial charge in [-0.3, -0.25) is 4.90 Å². The number of anilines is 1. The Bertz CT molecular complexity index is 367. The highest BCUT2D eigenvalue weighted by Gasteiger charge is 2.28. The number of fused-ring (bicyclic) bond motifs is 1. The number of carbonyl (C=O) groups is 1. The molecule has 0 bridgehead atoms. The fourth-order valence-electron chi connectivity index (χ4n) is 1.73. The van der Waals surface area contributed by atoms with Gasteiger partial charge in [-0.1, -0.05) is 34.1 Å². The molecule has 1 aliphatic rings. The van der Waals surface area contributed by atoms with Crippen LogP contribution in [0, 0.1) is 0 Å². The van der Waals surface area contributed by atoms with Gasteiger partial charge in [-0.05, 0) is 24.5 Å². The summed E-state index contributed by atoms with van der Waals surface area (Å²) in [6.07, 6.45) is 0.846. The maximum absolute atomic E-state index is 11.0. The molecule has 1 amide bonds. The number of benzene rings is 1. The smallest absolute Gasteiger partial charge is 0.412 e. The first-order chi connectivity index (χ1) is 6.70. The van der Waals surface area contributed by atoms with E-state index < -0.39 is 6.09 Å². The van der Waals surface area contributed by atoms with Crippen molar-refractivity contribution in [3.05, 3.63) is 29.8 Å². The second-order valence-electron chi connectivity index (χ2n) is 3.25. The molecule has 3 nitrogen and oxygen atoms in total. The predicted molar refractivity (Wildman–Crippen MR) is 58.0 cm³/mol. The molecule has 0 fully saturated rings. The van der Waals surface area contributed by atoms with Crippen molar-refractivity contribution in [3.63, 3.8) is 0 Å². The van der Waals surface area contributed by atoms with E-state index in [4.69, 9.17) is 5.11 Å². The molecular formula is C10H10BrNO2. The molecule has 0 radical (unpaired) electrons. The molecule has 74 valence electrons. The Morgan fingerprint density at radius 3 is 2.93 bits per heavy atom. The fourth-order valence-corrected chi connectivity index (χ4v) is 2.36. The second-order valence-corrected chi connectivity index (χ2v) is 4.31. The van der Waals surface area contributed by atoms with Gasteiger partial charge in [0.15, 0.2) is 0 Å². The molecule has 1 unspecified atom stereocenters. The average molecular weight is 256 g/mol. The van der Waals surface area contributed by atoms with Gasteiger partial charge in [0.05, 0.1) is 10.6 Å². The molecule has 14 heavy (non-hydrogen) atoms. The van der Waals surface area contributed by atoms with E-state index in [9.17, 15) is 4.79 Å². The highest BCUT2D eigenvalue weighted by molar-refractivity contribution is 9.09. The second kappa shape index (κ2) is 3.61. The standard InChI is InChI=1S/C10H10BrNO2/c11-9-6-5-7-3-1-2-4-8(7)12(9)10(13)14/h1-4,9H,5-6H2,(H,13,14). The third-order valence-electron chi connectivity index (χ3n) is 2.39. The van der Waals surface area contributed by atoms with Gasteiger partial charge in [0.2, 0.25) is 0 Å². The highest BCUT2D eigenvalue weighted by atomic mass is 79.9. The SMILES string of the molecule is O=C(O)N1c2ccccc2CCC1Br. The number of amides is 1. The van der Waals surface area contributed by atoms with Crippen LogP contribution in [0.1, 0.15) is 12.0 Å². The number of para-hydroxylation sites is 1. The van der Waals surface area contributed by atoms with E-state index in [1.807, 2.05) is 24.3 Å². The lowest BCUT2D eigenvalue weighted by Gasteiger charge is -2.31. The molecule has 0 saturated heterocycles. The third-order valence-corrected chi connectivity index (χ3v) is 3.26. The first-order valence-corrected chi connectivity index (χ1v) is 5.36. The number of nitrogens with zero attached hydrogens (tertiary/aromatic N) is 1. The van der Waals surface area contributed by atoms with Crippen molar-refractivity contribution in [2.24, 2.45) is 0 Å². The summed E-state index contributed by atoms with van der Waals surface area (Å²) in [5.41, 5.74) is 1.90. The van der Waals surface area contributed by atoms with Crippen LogP contribution >= 0.6 is 15.9 Å². The van der Waals surface area contributed by atoms with Crippen molar-refractivity contribution in [1.82, 2.24) is 0 Å². The quantitative estimate of drug-likeness (QED) is 0.572. The average Bonchev–Trinajstić information content (AvgIpc) is 2.17. The molecule has 1 aromatic carbocycles. The number of aryl methyl sites for hydroxylation is 1. The van der Waals surface area contributed by atoms with Crippen molar-refractivity contribution in [3.8, 4) is 0 Å². The number of carboxylic acid groups (broad SMARTS) is 1. The van der Waals surface area contributed by atoms with Crippen molar-refractivity contribution in [2.75, 3.05) is 4.90 Å². The van der Waals surface area contributed by atoms with E-state index in [2.05, 4.69) is 15.9 Å². The van der Waals surface area contributed by atoms with Crippen molar-refractivity contribution in [1.29, 1.82) is 0 Å². The summed E-state index contributed by atoms with van der Waals surface area (Å²) in [6.45, 7) is 0. The minimum atomic E-state index is -0.904. The molecule has 0 spiro atoms. The van der Waals surface area contributed by atoms with E-state index in [0.29, 0.717) is 0 Å². The lowest BCUT2D eigenvalue weighted by molar-refractivity contribution is 0.200. The number of rotatable bonds is 0. The van der Waals surface area contributed by atoms with Crippen LogP contribution in [-0.4, -0.2) is 16.2 Å². The largest absolute Gasteiger partial charge is 0.465 e. The highest BCUT2D eigenvalue weighted by Crippen LogP contribution is 2.32. The number of halogens is 1. The Hall–Kier alpha value is -1.03. The first-order valence-electron chi connectivity index (χ1n) is 4.44. The van der Waals surface area contributed by atoms with Crippen LogP contribution in [0.2, 0.25) is 0 Å². The van der Waals surface area contributed by atoms with Gasteiger partial charge >= 0.3 is 6.09 Å². The van der Waals surface area contributed by atoms with Gasteiger partial charge in [-0.15, -0.1) is 0 Å². The summed E-state index contributed by atoms with van der Waals surface area (Å²) < 4.78 is 0. The summed E-state index contributed by atoms with van der Waals surface area (Å²) in [5.74, 6) is 0. The molecule has 0 aromatic heterocycles. The molecule has 1 heterocycles. The Morgan fingerprint density at radius 1 is 1.50 bits per heavy atom. The number of alkyl halides is 1. The van der Waals surface area contributed by atoms with E-state index in [0.717, 1.165) is 24.1 Å². The zero-order valence-electron chi connectivity index (χ0n) is 7.48. The Kier molecular flexibility index (Phi) is 2.46. The molecule has 0 saturated carbocycles. The first kappa shape index (κ1) is 9.52. The van der Waals surface area contributed by atoms with Gasteiger partial charge in [0, 0.05) is 0 Å². The Labute approximate surface area is 90.5 Å². The lowest BCUT2D eigenvalue weighted by atomic mass is 10.0. The van der Waals surface area contributed by atoms with Gasteiger partial charge in [0.25, 0.3) is 0 Å². The summed E-state index contributed by atoms with van der Waals surface area (Å²) in [4.78, 5) is 12.3. The van der Waals surface area contributed by atoms with Crippen molar-refractivity contribution < 1.29 is 9.90 Å². The van der Waals surface area contributed by atoms with E-state index in [-0.39, 0.29) is 4.95 Å². The van der Waals surface area contributed by atoms with Crippen LogP contribution in [0.25, 0.3) is 0 Å². The van der Waals surface area contributed by atoms with Gasteiger partial charge in [-0.25, -0.2) is 4.79 Å². The predicted octanol–water partition coefficient (Wildman–Crippen LogP) is 2.84. The summed E-state index contributed by atoms with van der Waals surface area (Å²) >= 11 is 3.37. The maximum atomic E-state index is 11.0. The fraction of sp³-hybridized carbons (Fsp3) is 0.300. The van der Waals surface area contributed by atoms with Gasteiger partial charge < -0.3 is 5.11 Å². The summed E-state index contributed by atoms with van der Waals surface area (Å²) in [5, 5.41) is 9.05. The van der Waals surface area contributed by atoms with Crippen LogP contribution < -0.4 is 4.90 Å². The molecule has 0 aliphatic carbocycles. The van der Waals surface area contributed by atoms with E-state index in [1.165, 1.54) is 4.90 Å². The molecule has 1 atom stereocenters. The van der Waals surface area contributed by atoms with Crippen molar-refractivity contribution in [2.45, 2.75) is 17.8 Å². The molecule has 2 rings (SSSR count). The zero-order chi connectivity index (χ0) is 10.1. The minimum absolute atomic E-state index is 0.102. The van der Waals surface area contributed by atoms with E-state index in [1.54, 1.807) is 0 Å². The lowest BCUT2D eigenvalue weighted by Crippen LogP contribution is -2.39. The maximum Gasteiger partial charge on any atom is 0.412 e. The summed E-state index contributed by atoms with van der Waals surface area (Å²) in [7, 11) is 0. The molecule has 1 N–H and O–H groups in total. The Morgan fingerprint density at radius 2 is 2.21 bits per heavy atom. The van der Waals surface area contributed by atoms with E-state index >= 15 is 0 Å². The zero-order valence-corrected chi connectivity index (χ0v) is 9.07.